The van der Waals surface area contributed by atoms with Crippen molar-refractivity contribution >= 4 is 22.4 Å². The molecule has 5 heteroatoms. The van der Waals surface area contributed by atoms with Gasteiger partial charge in [-0.2, -0.15) is 0 Å². The number of hydrogen-bond acceptors (Lipinski definition) is 3. The average molecular weight is 547 g/mol. The number of fused-ring (bicyclic) bond motifs is 1. The molecule has 0 aromatic rings. The molecule has 3 aliphatic rings. The van der Waals surface area contributed by atoms with Crippen LogP contribution in [0.3, 0.4) is 0 Å². The third-order valence-corrected chi connectivity index (χ3v) is 20.0. The molecular weight excluding hydrogens is 489 g/mol. The molecule has 3 aliphatic carbocycles. The third kappa shape index (κ3) is 6.34. The summed E-state index contributed by atoms with van der Waals surface area (Å²) >= 11 is 0. The number of carbonyl (C=O) groups excluding carboxylic acids is 1. The van der Waals surface area contributed by atoms with Gasteiger partial charge in [-0.3, -0.25) is 4.79 Å². The minimum Gasteiger partial charge on any atom is -0.413 e. The minimum atomic E-state index is -2.01. The Morgan fingerprint density at radius 1 is 0.865 bits per heavy atom. The monoisotopic (exact) mass is 546 g/mol. The largest absolute Gasteiger partial charge is 0.413 e. The summed E-state index contributed by atoms with van der Waals surface area (Å²) < 4.78 is 14.3. The van der Waals surface area contributed by atoms with E-state index in [0.717, 1.165) is 25.7 Å². The number of rotatable bonds is 7. The summed E-state index contributed by atoms with van der Waals surface area (Å²) in [5.74, 6) is 9.53. The summed E-state index contributed by atoms with van der Waals surface area (Å²) in [6.07, 6.45) is 9.08. The van der Waals surface area contributed by atoms with E-state index in [-0.39, 0.29) is 33.9 Å². The minimum absolute atomic E-state index is 0.128. The van der Waals surface area contributed by atoms with Crippen LogP contribution in [0, 0.1) is 41.4 Å². The Hall–Kier alpha value is -0.416. The van der Waals surface area contributed by atoms with Crippen molar-refractivity contribution in [3.63, 3.8) is 0 Å². The van der Waals surface area contributed by atoms with E-state index in [1.807, 2.05) is 0 Å². The van der Waals surface area contributed by atoms with E-state index in [0.29, 0.717) is 17.6 Å². The van der Waals surface area contributed by atoms with Crippen LogP contribution in [-0.4, -0.2) is 34.1 Å². The first-order valence-corrected chi connectivity index (χ1v) is 21.1. The number of hydrogen-bond donors (Lipinski definition) is 0. The molecular formula is C32H58O3Si2. The van der Waals surface area contributed by atoms with Gasteiger partial charge in [0.15, 0.2) is 16.6 Å². The van der Waals surface area contributed by atoms with Gasteiger partial charge < -0.3 is 8.85 Å². The summed E-state index contributed by atoms with van der Waals surface area (Å²) in [5.41, 5.74) is -0.429. The van der Waals surface area contributed by atoms with E-state index >= 15 is 0 Å². The highest BCUT2D eigenvalue weighted by molar-refractivity contribution is 6.74. The van der Waals surface area contributed by atoms with Crippen molar-refractivity contribution in [3.8, 4) is 11.8 Å². The van der Waals surface area contributed by atoms with Crippen LogP contribution < -0.4 is 0 Å². The molecule has 0 aromatic heterocycles. The lowest BCUT2D eigenvalue weighted by atomic mass is 9.52. The first-order valence-electron chi connectivity index (χ1n) is 15.3. The molecule has 0 bridgehead atoms. The van der Waals surface area contributed by atoms with Gasteiger partial charge >= 0.3 is 0 Å². The van der Waals surface area contributed by atoms with Crippen LogP contribution in [0.25, 0.3) is 0 Å². The topological polar surface area (TPSA) is 35.5 Å². The summed E-state index contributed by atoms with van der Waals surface area (Å²) in [5, 5.41) is 0.301. The zero-order valence-electron chi connectivity index (χ0n) is 26.3. The molecule has 0 aromatic carbocycles. The van der Waals surface area contributed by atoms with Crippen molar-refractivity contribution in [1.29, 1.82) is 0 Å². The Labute approximate surface area is 231 Å². The van der Waals surface area contributed by atoms with Crippen molar-refractivity contribution in [2.75, 3.05) is 0 Å². The van der Waals surface area contributed by atoms with Gasteiger partial charge in [-0.1, -0.05) is 79.6 Å². The molecule has 3 rings (SSSR count). The average Bonchev–Trinajstić information content (AvgIpc) is 3.30. The highest BCUT2D eigenvalue weighted by atomic mass is 28.4. The molecule has 3 fully saturated rings. The molecule has 37 heavy (non-hydrogen) atoms. The van der Waals surface area contributed by atoms with Crippen LogP contribution in [-0.2, 0) is 13.6 Å². The fourth-order valence-electron chi connectivity index (χ4n) is 6.54. The first kappa shape index (κ1) is 31.1. The Morgan fingerprint density at radius 3 is 1.95 bits per heavy atom. The number of ketones is 1. The van der Waals surface area contributed by atoms with Gasteiger partial charge in [0.1, 0.15) is 11.4 Å². The lowest BCUT2D eigenvalue weighted by Gasteiger charge is -2.53. The van der Waals surface area contributed by atoms with Gasteiger partial charge in [-0.25, -0.2) is 0 Å². The molecule has 0 aliphatic heterocycles. The molecule has 1 unspecified atom stereocenters. The van der Waals surface area contributed by atoms with Gasteiger partial charge in [0.05, 0.1) is 6.10 Å². The summed E-state index contributed by atoms with van der Waals surface area (Å²) in [6.45, 7) is 27.9. The van der Waals surface area contributed by atoms with Gasteiger partial charge in [0.2, 0.25) is 0 Å². The molecule has 212 valence electrons. The molecule has 3 nitrogen and oxygen atoms in total. The van der Waals surface area contributed by atoms with E-state index in [1.54, 1.807) is 0 Å². The zero-order chi connectivity index (χ0) is 28.0. The predicted octanol–water partition coefficient (Wildman–Crippen LogP) is 8.99. The lowest BCUT2D eigenvalue weighted by Crippen LogP contribution is -2.58. The van der Waals surface area contributed by atoms with Crippen molar-refractivity contribution < 1.29 is 13.6 Å². The first-order chi connectivity index (χ1) is 16.8. The van der Waals surface area contributed by atoms with Crippen molar-refractivity contribution in [3.05, 3.63) is 0 Å². The quantitative estimate of drug-likeness (QED) is 0.236. The maximum Gasteiger partial charge on any atom is 0.194 e. The Bertz CT molecular complexity index is 878. The van der Waals surface area contributed by atoms with Gasteiger partial charge in [-0.15, -0.1) is 0 Å². The van der Waals surface area contributed by atoms with Crippen molar-refractivity contribution in [2.24, 2.45) is 29.6 Å². The van der Waals surface area contributed by atoms with Crippen LogP contribution in [0.1, 0.15) is 107 Å². The van der Waals surface area contributed by atoms with Crippen LogP contribution >= 0.6 is 0 Å². The maximum atomic E-state index is 13.1. The highest BCUT2D eigenvalue weighted by Crippen LogP contribution is 2.53. The molecule has 0 spiro atoms. The van der Waals surface area contributed by atoms with Gasteiger partial charge in [0.25, 0.3) is 0 Å². The van der Waals surface area contributed by atoms with Gasteiger partial charge in [0, 0.05) is 17.8 Å². The van der Waals surface area contributed by atoms with Crippen LogP contribution in [0.4, 0.5) is 0 Å². The second-order valence-corrected chi connectivity index (χ2v) is 25.2. The second-order valence-electron chi connectivity index (χ2n) is 15.7. The lowest BCUT2D eigenvalue weighted by molar-refractivity contribution is -0.153. The highest BCUT2D eigenvalue weighted by Gasteiger charge is 2.57. The van der Waals surface area contributed by atoms with E-state index in [1.165, 1.54) is 25.7 Å². The standard InChI is InChI=1S/C32H58O3Si2/c1-13-16-25-28-24(27(20-19-26(28)29(25)33)34-36(9,10)30(2,3)4)21-22-32(8,23-17-14-15-18-23)35-37(11,12)31(5,6)7/h23-28H,13-20H2,1-12H3/t24-,25?,26-,27+,28-,32-/m1/s1. The Morgan fingerprint density at radius 2 is 1.43 bits per heavy atom. The van der Waals surface area contributed by atoms with Crippen molar-refractivity contribution in [1.82, 2.24) is 0 Å². The van der Waals surface area contributed by atoms with E-state index in [4.69, 9.17) is 8.85 Å². The van der Waals surface area contributed by atoms with E-state index in [9.17, 15) is 4.79 Å². The SMILES string of the molecule is CCCC1C(=O)[C@@H]2CC[C@H](O[Si](C)(C)C(C)(C)C)[C@@H](C#C[C@@](C)(O[Si](C)(C)C(C)(C)C)C3CCCC3)[C@H]12. The molecule has 0 radical (unpaired) electrons. The maximum absolute atomic E-state index is 13.1. The van der Waals surface area contributed by atoms with Crippen molar-refractivity contribution in [2.45, 2.75) is 155 Å². The molecule has 0 N–H and O–H groups in total. The molecule has 6 atom stereocenters. The smallest absolute Gasteiger partial charge is 0.194 e. The predicted molar refractivity (Wildman–Crippen MR) is 162 cm³/mol. The van der Waals surface area contributed by atoms with Crippen LogP contribution in [0.15, 0.2) is 0 Å². The molecule has 3 saturated carbocycles. The Kier molecular flexibility index (Phi) is 9.14. The Balaban J connectivity index is 2.02. The number of Topliss-reactive ketones (excluding diaryl/α,β-unsaturated/α-hetero) is 1. The second kappa shape index (κ2) is 10.9. The van der Waals surface area contributed by atoms with Crippen LogP contribution in [0.5, 0.6) is 0 Å². The molecule has 0 saturated heterocycles. The number of carbonyl (C=O) groups is 1. The van der Waals surface area contributed by atoms with E-state index in [2.05, 4.69) is 93.4 Å². The molecule has 0 heterocycles. The summed E-state index contributed by atoms with van der Waals surface area (Å²) in [7, 11) is -3.97. The fraction of sp³-hybridized carbons (Fsp3) is 0.906. The zero-order valence-corrected chi connectivity index (χ0v) is 28.3. The summed E-state index contributed by atoms with van der Waals surface area (Å²) in [4.78, 5) is 13.1. The van der Waals surface area contributed by atoms with Gasteiger partial charge in [-0.05, 0) is 87.1 Å². The van der Waals surface area contributed by atoms with E-state index < -0.39 is 22.2 Å². The third-order valence-electron chi connectivity index (χ3n) is 11.0. The normalized spacial score (nSPS) is 31.2. The van der Waals surface area contributed by atoms with Crippen LogP contribution in [0.2, 0.25) is 36.3 Å². The summed E-state index contributed by atoms with van der Waals surface area (Å²) in [6, 6.07) is 0. The fourth-order valence-corrected chi connectivity index (χ4v) is 9.50. The molecule has 0 amide bonds.